The van der Waals surface area contributed by atoms with E-state index in [2.05, 4.69) is 27.2 Å². The molecule has 0 amide bonds. The maximum absolute atomic E-state index is 12.9. The predicted molar refractivity (Wildman–Crippen MR) is 109 cm³/mol. The lowest BCUT2D eigenvalue weighted by atomic mass is 10.2. The van der Waals surface area contributed by atoms with Gasteiger partial charge in [-0.1, -0.05) is 12.1 Å². The van der Waals surface area contributed by atoms with Crippen molar-refractivity contribution in [2.75, 3.05) is 25.5 Å². The van der Waals surface area contributed by atoms with E-state index in [1.807, 2.05) is 24.3 Å². The highest BCUT2D eigenvalue weighted by Gasteiger charge is 2.24. The van der Waals surface area contributed by atoms with E-state index < -0.39 is 11.4 Å². The van der Waals surface area contributed by atoms with Crippen molar-refractivity contribution in [3.05, 3.63) is 46.2 Å². The number of nitrogens with one attached hydrogen (secondary N) is 1. The number of hydrogen-bond donors (Lipinski definition) is 2. The van der Waals surface area contributed by atoms with Crippen LogP contribution in [-0.2, 0) is 0 Å². The molecule has 1 fully saturated rings. The van der Waals surface area contributed by atoms with Gasteiger partial charge in [-0.15, -0.1) is 11.3 Å². The van der Waals surface area contributed by atoms with Crippen molar-refractivity contribution in [3.8, 4) is 0 Å². The molecule has 0 radical (unpaired) electrons. The third-order valence-electron chi connectivity index (χ3n) is 5.12. The monoisotopic (exact) mass is 395 g/mol. The van der Waals surface area contributed by atoms with Gasteiger partial charge in [-0.05, 0) is 32.1 Å². The van der Waals surface area contributed by atoms with E-state index in [4.69, 9.17) is 0 Å². The summed E-state index contributed by atoms with van der Waals surface area (Å²) in [5.41, 5.74) is 0.447. The minimum Gasteiger partial charge on any atom is -0.477 e. The second-order valence-corrected chi connectivity index (χ2v) is 8.07. The van der Waals surface area contributed by atoms with Crippen LogP contribution in [0.1, 0.15) is 16.8 Å². The molecule has 0 spiro atoms. The van der Waals surface area contributed by atoms with Gasteiger partial charge in [0, 0.05) is 18.8 Å². The zero-order chi connectivity index (χ0) is 19.4. The highest BCUT2D eigenvalue weighted by atomic mass is 32.1. The summed E-state index contributed by atoms with van der Waals surface area (Å²) in [4.78, 5) is 36.2. The SMILES string of the molecule is CN1CCC(Nc2ncc3c(=O)c(C(=O)O)c4sc5ccccc5n4c3n2)C1. The van der Waals surface area contributed by atoms with Crippen molar-refractivity contribution in [1.82, 2.24) is 19.3 Å². The van der Waals surface area contributed by atoms with Crippen LogP contribution in [0.4, 0.5) is 5.95 Å². The first-order valence-corrected chi connectivity index (χ1v) is 9.76. The van der Waals surface area contributed by atoms with Gasteiger partial charge in [0.15, 0.2) is 5.65 Å². The van der Waals surface area contributed by atoms with E-state index in [0.29, 0.717) is 16.4 Å². The Morgan fingerprint density at radius 3 is 2.93 bits per heavy atom. The van der Waals surface area contributed by atoms with Crippen LogP contribution in [0.25, 0.3) is 26.1 Å². The van der Waals surface area contributed by atoms with Crippen LogP contribution in [0, 0.1) is 0 Å². The molecule has 1 aliphatic heterocycles. The highest BCUT2D eigenvalue weighted by molar-refractivity contribution is 7.24. The molecule has 0 bridgehead atoms. The summed E-state index contributed by atoms with van der Waals surface area (Å²) in [6, 6.07) is 7.82. The second-order valence-electron chi connectivity index (χ2n) is 7.04. The van der Waals surface area contributed by atoms with Gasteiger partial charge < -0.3 is 15.3 Å². The number of hydrogen-bond acceptors (Lipinski definition) is 7. The summed E-state index contributed by atoms with van der Waals surface area (Å²) < 4.78 is 2.65. The van der Waals surface area contributed by atoms with E-state index in [9.17, 15) is 14.7 Å². The molecule has 1 aliphatic rings. The fourth-order valence-electron chi connectivity index (χ4n) is 3.79. The molecule has 1 unspecified atom stereocenters. The molecular weight excluding hydrogens is 378 g/mol. The Bertz CT molecular complexity index is 1310. The third kappa shape index (κ3) is 2.54. The summed E-state index contributed by atoms with van der Waals surface area (Å²) in [6.07, 6.45) is 2.42. The van der Waals surface area contributed by atoms with Gasteiger partial charge in [0.25, 0.3) is 0 Å². The van der Waals surface area contributed by atoms with Crippen molar-refractivity contribution in [2.24, 2.45) is 0 Å². The molecule has 2 N–H and O–H groups in total. The molecule has 5 rings (SSSR count). The van der Waals surface area contributed by atoms with E-state index in [1.54, 1.807) is 4.40 Å². The molecule has 1 atom stereocenters. The Morgan fingerprint density at radius 1 is 1.36 bits per heavy atom. The Balaban J connectivity index is 1.80. The Labute approximate surface area is 163 Å². The van der Waals surface area contributed by atoms with Crippen LogP contribution in [-0.4, -0.2) is 56.5 Å². The number of para-hydroxylation sites is 1. The lowest BCUT2D eigenvalue weighted by Crippen LogP contribution is -2.25. The summed E-state index contributed by atoms with van der Waals surface area (Å²) in [5.74, 6) is -0.800. The number of fused-ring (bicyclic) bond motifs is 5. The number of nitrogens with zero attached hydrogens (tertiary/aromatic N) is 4. The van der Waals surface area contributed by atoms with Crippen LogP contribution in [0.5, 0.6) is 0 Å². The average Bonchev–Trinajstić information content (AvgIpc) is 3.24. The van der Waals surface area contributed by atoms with E-state index in [-0.39, 0.29) is 17.0 Å². The number of pyridine rings is 1. The van der Waals surface area contributed by atoms with Crippen molar-refractivity contribution in [3.63, 3.8) is 0 Å². The normalized spacial score (nSPS) is 17.7. The maximum atomic E-state index is 12.9. The molecule has 28 heavy (non-hydrogen) atoms. The number of rotatable bonds is 3. The molecule has 4 heterocycles. The van der Waals surface area contributed by atoms with E-state index in [1.165, 1.54) is 17.5 Å². The van der Waals surface area contributed by atoms with Crippen LogP contribution in [0.3, 0.4) is 0 Å². The van der Waals surface area contributed by atoms with Crippen LogP contribution in [0.2, 0.25) is 0 Å². The van der Waals surface area contributed by atoms with Gasteiger partial charge in [-0.2, -0.15) is 4.98 Å². The molecular formula is C19H17N5O3S. The number of carboxylic acids is 1. The second kappa shape index (κ2) is 6.25. The lowest BCUT2D eigenvalue weighted by molar-refractivity contribution is 0.0697. The van der Waals surface area contributed by atoms with Crippen LogP contribution >= 0.6 is 11.3 Å². The number of likely N-dealkylation sites (tertiary alicyclic amines) is 1. The first kappa shape index (κ1) is 17.1. The topological polar surface area (TPSA) is 99.8 Å². The highest BCUT2D eigenvalue weighted by Crippen LogP contribution is 2.30. The Hall–Kier alpha value is -3.04. The number of carbonyl (C=O) groups is 1. The molecule has 8 nitrogen and oxygen atoms in total. The van der Waals surface area contributed by atoms with Crippen molar-refractivity contribution < 1.29 is 9.90 Å². The predicted octanol–water partition coefficient (Wildman–Crippen LogP) is 2.27. The smallest absolute Gasteiger partial charge is 0.342 e. The summed E-state index contributed by atoms with van der Waals surface area (Å²) in [6.45, 7) is 1.90. The average molecular weight is 395 g/mol. The molecule has 0 aliphatic carbocycles. The van der Waals surface area contributed by atoms with Crippen molar-refractivity contribution >= 4 is 49.3 Å². The molecule has 3 aromatic heterocycles. The Kier molecular flexibility index (Phi) is 3.81. The van der Waals surface area contributed by atoms with Crippen molar-refractivity contribution in [2.45, 2.75) is 12.5 Å². The lowest BCUT2D eigenvalue weighted by Gasteiger charge is -2.13. The van der Waals surface area contributed by atoms with Gasteiger partial charge in [-0.25, -0.2) is 9.78 Å². The summed E-state index contributed by atoms with van der Waals surface area (Å²) in [7, 11) is 2.07. The number of aromatic nitrogens is 3. The standard InChI is InChI=1S/C19H17N5O3S/c1-23-7-6-10(9-23)21-19-20-8-11-15(25)14(18(26)27)17-24(16(11)22-19)12-4-2-3-5-13(12)28-17/h2-5,8,10H,6-7,9H2,1H3,(H,26,27)(H,20,21,22). The van der Waals surface area contributed by atoms with Gasteiger partial charge in [0.05, 0.1) is 15.6 Å². The Morgan fingerprint density at radius 2 is 2.18 bits per heavy atom. The van der Waals surface area contributed by atoms with Crippen molar-refractivity contribution in [1.29, 1.82) is 0 Å². The zero-order valence-corrected chi connectivity index (χ0v) is 15.9. The number of anilines is 1. The summed E-state index contributed by atoms with van der Waals surface area (Å²) >= 11 is 1.28. The van der Waals surface area contributed by atoms with E-state index in [0.717, 1.165) is 29.7 Å². The molecule has 142 valence electrons. The third-order valence-corrected chi connectivity index (χ3v) is 6.27. The molecule has 9 heteroatoms. The number of carboxylic acid groups (broad SMARTS) is 1. The number of aromatic carboxylic acids is 1. The van der Waals surface area contributed by atoms with Crippen LogP contribution < -0.4 is 10.7 Å². The first-order valence-electron chi connectivity index (χ1n) is 8.94. The quantitative estimate of drug-likeness (QED) is 0.549. The van der Waals surface area contributed by atoms with Gasteiger partial charge in [0.1, 0.15) is 10.4 Å². The minimum absolute atomic E-state index is 0.201. The van der Waals surface area contributed by atoms with Crippen LogP contribution in [0.15, 0.2) is 35.3 Å². The van der Waals surface area contributed by atoms with Gasteiger partial charge >= 0.3 is 5.97 Å². The minimum atomic E-state index is -1.24. The molecule has 1 aromatic carbocycles. The van der Waals surface area contributed by atoms with Gasteiger partial charge in [0.2, 0.25) is 11.4 Å². The number of thiazole rings is 1. The maximum Gasteiger partial charge on any atom is 0.342 e. The fourth-order valence-corrected chi connectivity index (χ4v) is 4.97. The number of likely N-dealkylation sites (N-methyl/N-ethyl adjacent to an activating group) is 1. The fraction of sp³-hybridized carbons (Fsp3) is 0.263. The molecule has 4 aromatic rings. The summed E-state index contributed by atoms with van der Waals surface area (Å²) in [5, 5.41) is 13.2. The molecule has 0 saturated carbocycles. The first-order chi connectivity index (χ1) is 13.5. The van der Waals surface area contributed by atoms with Gasteiger partial charge in [-0.3, -0.25) is 9.20 Å². The zero-order valence-electron chi connectivity index (χ0n) is 15.0. The molecule has 1 saturated heterocycles. The number of benzene rings is 1. The van der Waals surface area contributed by atoms with E-state index >= 15 is 0 Å². The largest absolute Gasteiger partial charge is 0.477 e.